The number of rotatable bonds is 0. The van der Waals surface area contributed by atoms with Crippen molar-refractivity contribution in [3.63, 3.8) is 0 Å². The largest absolute Gasteiger partial charge is 0.393 e. The Morgan fingerprint density at radius 3 is 2.23 bits per heavy atom. The Balaban J connectivity index is 2.72. The second-order valence-corrected chi connectivity index (χ2v) is 5.14. The lowest BCUT2D eigenvalue weighted by atomic mass is 9.69. The molecule has 2 unspecified atom stereocenters. The summed E-state index contributed by atoms with van der Waals surface area (Å²) < 4.78 is 26.1. The van der Waals surface area contributed by atoms with E-state index in [4.69, 9.17) is 0 Å². The molecular weight excluding hydrogens is 174 g/mol. The van der Waals surface area contributed by atoms with E-state index in [2.05, 4.69) is 0 Å². The van der Waals surface area contributed by atoms with Crippen LogP contribution in [0.3, 0.4) is 0 Å². The summed E-state index contributed by atoms with van der Waals surface area (Å²) >= 11 is 0. The maximum atomic E-state index is 13.0. The number of halogens is 2. The zero-order valence-corrected chi connectivity index (χ0v) is 8.48. The molecule has 0 aromatic carbocycles. The van der Waals surface area contributed by atoms with Crippen LogP contribution in [0, 0.1) is 11.3 Å². The smallest absolute Gasteiger partial charge is 0.248 e. The molecule has 1 fully saturated rings. The molecule has 1 aliphatic rings. The number of hydrogen-bond acceptors (Lipinski definition) is 1. The molecule has 0 radical (unpaired) electrons. The molecule has 1 aliphatic carbocycles. The maximum absolute atomic E-state index is 13.0. The first kappa shape index (κ1) is 10.9. The van der Waals surface area contributed by atoms with Crippen molar-refractivity contribution >= 4 is 0 Å². The van der Waals surface area contributed by atoms with Crippen LogP contribution in [-0.4, -0.2) is 17.1 Å². The topological polar surface area (TPSA) is 20.2 Å². The van der Waals surface area contributed by atoms with Crippen LogP contribution in [0.25, 0.3) is 0 Å². The van der Waals surface area contributed by atoms with E-state index < -0.39 is 12.0 Å². The number of aliphatic hydroxyl groups is 1. The van der Waals surface area contributed by atoms with E-state index >= 15 is 0 Å². The maximum Gasteiger partial charge on any atom is 0.248 e. The monoisotopic (exact) mass is 192 g/mol. The second-order valence-electron chi connectivity index (χ2n) is 5.14. The standard InChI is InChI=1S/C10H18F2O/c1-9(2,3)7-6-10(11,12)5-4-8(7)13/h7-8,13H,4-6H2,1-3H3. The van der Waals surface area contributed by atoms with Gasteiger partial charge in [-0.2, -0.15) is 0 Å². The normalized spacial score (nSPS) is 34.6. The van der Waals surface area contributed by atoms with Crippen LogP contribution in [0.15, 0.2) is 0 Å². The van der Waals surface area contributed by atoms with Crippen LogP contribution in [-0.2, 0) is 0 Å². The van der Waals surface area contributed by atoms with Gasteiger partial charge in [-0.05, 0) is 17.8 Å². The molecule has 0 aromatic rings. The van der Waals surface area contributed by atoms with Gasteiger partial charge in [0.2, 0.25) is 5.92 Å². The Labute approximate surface area is 78.1 Å². The predicted molar refractivity (Wildman–Crippen MR) is 47.7 cm³/mol. The van der Waals surface area contributed by atoms with Crippen LogP contribution in [0.5, 0.6) is 0 Å². The van der Waals surface area contributed by atoms with E-state index in [0.717, 1.165) is 0 Å². The van der Waals surface area contributed by atoms with E-state index in [-0.39, 0.29) is 30.6 Å². The molecule has 0 spiro atoms. The van der Waals surface area contributed by atoms with Crippen molar-refractivity contribution in [3.05, 3.63) is 0 Å². The molecule has 13 heavy (non-hydrogen) atoms. The molecule has 1 rings (SSSR count). The van der Waals surface area contributed by atoms with Gasteiger partial charge in [0.1, 0.15) is 0 Å². The number of hydrogen-bond donors (Lipinski definition) is 1. The Hall–Kier alpha value is -0.180. The minimum absolute atomic E-state index is 0.166. The number of aliphatic hydroxyl groups excluding tert-OH is 1. The van der Waals surface area contributed by atoms with Gasteiger partial charge in [0.15, 0.2) is 0 Å². The lowest BCUT2D eigenvalue weighted by Gasteiger charge is -2.40. The summed E-state index contributed by atoms with van der Waals surface area (Å²) in [7, 11) is 0. The Bertz CT molecular complexity index is 184. The second kappa shape index (κ2) is 3.19. The lowest BCUT2D eigenvalue weighted by molar-refractivity contribution is -0.116. The van der Waals surface area contributed by atoms with Crippen LogP contribution in [0.1, 0.15) is 40.0 Å². The average molecular weight is 192 g/mol. The van der Waals surface area contributed by atoms with Crippen molar-refractivity contribution in [2.24, 2.45) is 11.3 Å². The highest BCUT2D eigenvalue weighted by molar-refractivity contribution is 4.90. The van der Waals surface area contributed by atoms with Crippen LogP contribution < -0.4 is 0 Å². The summed E-state index contributed by atoms with van der Waals surface area (Å²) in [5.74, 6) is -2.85. The van der Waals surface area contributed by atoms with Crippen molar-refractivity contribution < 1.29 is 13.9 Å². The van der Waals surface area contributed by atoms with Gasteiger partial charge in [-0.25, -0.2) is 8.78 Å². The third kappa shape index (κ3) is 2.63. The summed E-state index contributed by atoms with van der Waals surface area (Å²) in [5, 5.41) is 9.60. The highest BCUT2D eigenvalue weighted by Crippen LogP contribution is 2.44. The molecule has 1 saturated carbocycles. The fourth-order valence-corrected chi connectivity index (χ4v) is 2.00. The summed E-state index contributed by atoms with van der Waals surface area (Å²) in [4.78, 5) is 0. The van der Waals surface area contributed by atoms with E-state index in [1.807, 2.05) is 20.8 Å². The predicted octanol–water partition coefficient (Wildman–Crippen LogP) is 2.83. The van der Waals surface area contributed by atoms with Gasteiger partial charge in [0.05, 0.1) is 6.10 Å². The summed E-state index contributed by atoms with van der Waals surface area (Å²) in [6, 6.07) is 0. The highest BCUT2D eigenvalue weighted by Gasteiger charge is 2.45. The fourth-order valence-electron chi connectivity index (χ4n) is 2.00. The summed E-state index contributed by atoms with van der Waals surface area (Å²) in [5.41, 5.74) is -0.233. The quantitative estimate of drug-likeness (QED) is 0.625. The van der Waals surface area contributed by atoms with Gasteiger partial charge in [-0.1, -0.05) is 20.8 Å². The average Bonchev–Trinajstić information content (AvgIpc) is 1.92. The summed E-state index contributed by atoms with van der Waals surface area (Å²) in [6.07, 6.45) is -0.660. The first-order valence-corrected chi connectivity index (χ1v) is 4.78. The Kier molecular flexibility index (Phi) is 2.68. The van der Waals surface area contributed by atoms with Gasteiger partial charge in [0, 0.05) is 12.8 Å². The molecule has 0 aliphatic heterocycles. The van der Waals surface area contributed by atoms with Crippen LogP contribution >= 0.6 is 0 Å². The van der Waals surface area contributed by atoms with Crippen molar-refractivity contribution in [1.82, 2.24) is 0 Å². The summed E-state index contributed by atoms with van der Waals surface area (Å²) in [6.45, 7) is 5.72. The van der Waals surface area contributed by atoms with Gasteiger partial charge in [-0.15, -0.1) is 0 Å². The molecule has 0 aromatic heterocycles. The first-order chi connectivity index (χ1) is 5.72. The molecule has 0 amide bonds. The van der Waals surface area contributed by atoms with Crippen LogP contribution in [0.2, 0.25) is 0 Å². The molecule has 1 nitrogen and oxygen atoms in total. The van der Waals surface area contributed by atoms with Crippen molar-refractivity contribution in [2.75, 3.05) is 0 Å². The molecule has 0 heterocycles. The third-order valence-corrected chi connectivity index (χ3v) is 2.90. The zero-order chi connectivity index (χ0) is 10.3. The molecule has 2 atom stereocenters. The van der Waals surface area contributed by atoms with Crippen molar-refractivity contribution in [2.45, 2.75) is 52.1 Å². The fraction of sp³-hybridized carbons (Fsp3) is 1.00. The van der Waals surface area contributed by atoms with Gasteiger partial charge < -0.3 is 5.11 Å². The van der Waals surface area contributed by atoms with Crippen LogP contribution in [0.4, 0.5) is 8.78 Å². The zero-order valence-electron chi connectivity index (χ0n) is 8.48. The first-order valence-electron chi connectivity index (χ1n) is 4.78. The van der Waals surface area contributed by atoms with E-state index in [9.17, 15) is 13.9 Å². The number of alkyl halides is 2. The van der Waals surface area contributed by atoms with Gasteiger partial charge in [-0.3, -0.25) is 0 Å². The van der Waals surface area contributed by atoms with E-state index in [1.54, 1.807) is 0 Å². The molecular formula is C10H18F2O. The van der Waals surface area contributed by atoms with Gasteiger partial charge >= 0.3 is 0 Å². The molecule has 3 heteroatoms. The Morgan fingerprint density at radius 1 is 1.31 bits per heavy atom. The SMILES string of the molecule is CC(C)(C)C1CC(F)(F)CCC1O. The molecule has 0 bridgehead atoms. The molecule has 0 saturated heterocycles. The lowest BCUT2D eigenvalue weighted by Crippen LogP contribution is -2.42. The van der Waals surface area contributed by atoms with E-state index in [0.29, 0.717) is 0 Å². The molecule has 1 N–H and O–H groups in total. The Morgan fingerprint density at radius 2 is 1.85 bits per heavy atom. The molecule has 78 valence electrons. The van der Waals surface area contributed by atoms with Crippen molar-refractivity contribution in [3.8, 4) is 0 Å². The highest BCUT2D eigenvalue weighted by atomic mass is 19.3. The minimum Gasteiger partial charge on any atom is -0.393 e. The minimum atomic E-state index is -2.57. The van der Waals surface area contributed by atoms with E-state index in [1.165, 1.54) is 0 Å². The van der Waals surface area contributed by atoms with Gasteiger partial charge in [0.25, 0.3) is 0 Å². The van der Waals surface area contributed by atoms with Crippen molar-refractivity contribution in [1.29, 1.82) is 0 Å². The third-order valence-electron chi connectivity index (χ3n) is 2.90.